The van der Waals surface area contributed by atoms with Crippen LogP contribution < -0.4 is 5.32 Å². The second-order valence-electron chi connectivity index (χ2n) is 10.5. The molecule has 7 nitrogen and oxygen atoms in total. The van der Waals surface area contributed by atoms with Gasteiger partial charge in [0.1, 0.15) is 11.4 Å². The number of aromatic nitrogens is 2. The van der Waals surface area contributed by atoms with Crippen molar-refractivity contribution in [3.8, 4) is 0 Å². The first-order chi connectivity index (χ1) is 17.3. The smallest absolute Gasteiger partial charge is 0.407 e. The zero-order valence-electron chi connectivity index (χ0n) is 22.4. The number of ether oxygens (including phenoxy) is 1. The minimum atomic E-state index is -3.63. The van der Waals surface area contributed by atoms with Crippen LogP contribution in [0.1, 0.15) is 59.4 Å². The third-order valence-corrected chi connectivity index (χ3v) is 5.90. The zero-order valence-corrected chi connectivity index (χ0v) is 22.4. The van der Waals surface area contributed by atoms with E-state index in [1.807, 2.05) is 22.8 Å². The van der Waals surface area contributed by atoms with Crippen molar-refractivity contribution in [2.45, 2.75) is 79.1 Å². The van der Waals surface area contributed by atoms with Crippen LogP contribution in [0.15, 0.2) is 54.3 Å². The first kappa shape index (κ1) is 28.1. The largest absolute Gasteiger partial charge is 0.444 e. The molecule has 0 spiro atoms. The molecule has 200 valence electrons. The van der Waals surface area contributed by atoms with Gasteiger partial charge in [0.25, 0.3) is 0 Å². The average Bonchev–Trinajstić information content (AvgIpc) is 3.22. The Hall–Kier alpha value is -3.49. The van der Waals surface area contributed by atoms with Gasteiger partial charge in [0.15, 0.2) is 0 Å². The van der Waals surface area contributed by atoms with Crippen molar-refractivity contribution in [1.29, 1.82) is 0 Å². The van der Waals surface area contributed by atoms with E-state index in [4.69, 9.17) is 9.72 Å². The minimum Gasteiger partial charge on any atom is -0.444 e. The lowest BCUT2D eigenvalue weighted by molar-refractivity contribution is -0.146. The van der Waals surface area contributed by atoms with Gasteiger partial charge in [0.2, 0.25) is 0 Å². The predicted molar refractivity (Wildman–Crippen MR) is 140 cm³/mol. The Morgan fingerprint density at radius 2 is 2.00 bits per heavy atom. The van der Waals surface area contributed by atoms with Crippen molar-refractivity contribution >= 4 is 23.0 Å². The maximum Gasteiger partial charge on any atom is 0.407 e. The maximum absolute atomic E-state index is 14.8. The highest BCUT2D eigenvalue weighted by Gasteiger charge is 2.53. The third-order valence-electron chi connectivity index (χ3n) is 5.90. The van der Waals surface area contributed by atoms with Gasteiger partial charge in [-0.1, -0.05) is 38.6 Å². The molecule has 0 atom stereocenters. The molecule has 1 aliphatic rings. The van der Waals surface area contributed by atoms with Gasteiger partial charge in [-0.3, -0.25) is 9.69 Å². The molecule has 0 saturated heterocycles. The van der Waals surface area contributed by atoms with E-state index in [2.05, 4.69) is 25.7 Å². The Bertz CT molecular complexity index is 1250. The molecule has 0 bridgehead atoms. The molecule has 0 saturated carbocycles. The summed E-state index contributed by atoms with van der Waals surface area (Å²) in [7, 11) is 0. The Kier molecular flexibility index (Phi) is 8.25. The number of hydrogen-bond acceptors (Lipinski definition) is 4. The van der Waals surface area contributed by atoms with Crippen LogP contribution in [-0.2, 0) is 29.2 Å². The number of alkyl halides is 2. The van der Waals surface area contributed by atoms with E-state index in [9.17, 15) is 18.4 Å². The first-order valence-electron chi connectivity index (χ1n) is 12.4. The van der Waals surface area contributed by atoms with Gasteiger partial charge in [-0.25, -0.2) is 9.78 Å². The monoisotopic (exact) mass is 514 g/mol. The molecular formula is C28H36F2N4O3. The topological polar surface area (TPSA) is 76.5 Å². The molecule has 2 amide bonds. The average molecular weight is 515 g/mol. The second-order valence-corrected chi connectivity index (χ2v) is 10.5. The number of allylic oxidation sites excluding steroid dienone is 3. The van der Waals surface area contributed by atoms with Gasteiger partial charge in [0.05, 0.1) is 28.8 Å². The number of hydrogen-bond donors (Lipinski definition) is 1. The normalized spacial score (nSPS) is 15.9. The number of rotatable bonds is 9. The summed E-state index contributed by atoms with van der Waals surface area (Å²) < 4.78 is 36.9. The summed E-state index contributed by atoms with van der Waals surface area (Å²) >= 11 is 0. The molecule has 3 rings (SSSR count). The van der Waals surface area contributed by atoms with Crippen LogP contribution in [0, 0.1) is 5.92 Å². The van der Waals surface area contributed by atoms with Crippen molar-refractivity contribution in [2.24, 2.45) is 5.92 Å². The van der Waals surface area contributed by atoms with Gasteiger partial charge in [0, 0.05) is 13.1 Å². The summed E-state index contributed by atoms with van der Waals surface area (Å²) in [5.41, 5.74) is 1.40. The summed E-state index contributed by atoms with van der Waals surface area (Å²) in [5, 5.41) is 2.73. The van der Waals surface area contributed by atoms with E-state index >= 15 is 0 Å². The lowest BCUT2D eigenvalue weighted by Gasteiger charge is -2.20. The van der Waals surface area contributed by atoms with E-state index in [1.165, 1.54) is 18.2 Å². The molecule has 0 fully saturated rings. The van der Waals surface area contributed by atoms with Crippen LogP contribution in [0.5, 0.6) is 0 Å². The standard InChI is InChI=1S/C28H36F2N4O3/c1-8-10-20-22(9-2)34(25(35)28(20,29)30)17-24-32-21-15-19(16-31-26(36)37-27(5,6)7)11-12-23(21)33(24)14-13-18(3)4/h8-12,15,18H,2,13-14,16-17H2,1,3-7H3,(H,31,36)/b10-8-. The number of carbonyl (C=O) groups excluding carboxylic acids is 2. The Balaban J connectivity index is 1.96. The van der Waals surface area contributed by atoms with E-state index in [0.717, 1.165) is 22.4 Å². The fourth-order valence-corrected chi connectivity index (χ4v) is 4.16. The van der Waals surface area contributed by atoms with Crippen LogP contribution in [0.4, 0.5) is 13.6 Å². The minimum absolute atomic E-state index is 0.0813. The summed E-state index contributed by atoms with van der Waals surface area (Å²) in [6.45, 7) is 15.6. The Morgan fingerprint density at radius 3 is 2.59 bits per heavy atom. The highest BCUT2D eigenvalue weighted by Crippen LogP contribution is 2.40. The number of aryl methyl sites for hydroxylation is 1. The van der Waals surface area contributed by atoms with Crippen LogP contribution in [0.3, 0.4) is 0 Å². The molecule has 2 aromatic rings. The van der Waals surface area contributed by atoms with Crippen LogP contribution in [0.25, 0.3) is 11.0 Å². The molecule has 0 radical (unpaired) electrons. The highest BCUT2D eigenvalue weighted by molar-refractivity contribution is 5.94. The predicted octanol–water partition coefficient (Wildman–Crippen LogP) is 6.10. The quantitative estimate of drug-likeness (QED) is 0.439. The van der Waals surface area contributed by atoms with E-state index in [-0.39, 0.29) is 24.4 Å². The van der Waals surface area contributed by atoms with Gasteiger partial charge in [-0.05, 0) is 63.8 Å². The number of benzene rings is 1. The van der Waals surface area contributed by atoms with Crippen molar-refractivity contribution in [2.75, 3.05) is 0 Å². The summed E-state index contributed by atoms with van der Waals surface area (Å²) in [5.74, 6) is -4.02. The Labute approximate surface area is 216 Å². The number of alkyl carbamates (subject to hydrolysis) is 1. The molecule has 0 unspecified atom stereocenters. The van der Waals surface area contributed by atoms with Crippen molar-refractivity contribution in [1.82, 2.24) is 19.8 Å². The van der Waals surface area contributed by atoms with E-state index < -0.39 is 23.5 Å². The first-order valence-corrected chi connectivity index (χ1v) is 12.4. The maximum atomic E-state index is 14.8. The van der Waals surface area contributed by atoms with Crippen molar-refractivity contribution in [3.05, 3.63) is 65.7 Å². The molecule has 37 heavy (non-hydrogen) atoms. The zero-order chi connectivity index (χ0) is 27.5. The molecule has 2 heterocycles. The number of nitrogens with one attached hydrogen (secondary N) is 1. The van der Waals surface area contributed by atoms with Gasteiger partial charge in [-0.2, -0.15) is 8.78 Å². The van der Waals surface area contributed by atoms with E-state index in [0.29, 0.717) is 23.8 Å². The highest BCUT2D eigenvalue weighted by atomic mass is 19.3. The summed E-state index contributed by atoms with van der Waals surface area (Å²) in [4.78, 5) is 30.6. The number of imidazole rings is 1. The summed E-state index contributed by atoms with van der Waals surface area (Å²) in [6.07, 6.45) is 4.34. The van der Waals surface area contributed by atoms with Gasteiger partial charge >= 0.3 is 17.9 Å². The fraction of sp³-hybridized carbons (Fsp3) is 0.464. The van der Waals surface area contributed by atoms with E-state index in [1.54, 1.807) is 27.7 Å². The van der Waals surface area contributed by atoms with Crippen molar-refractivity contribution in [3.63, 3.8) is 0 Å². The fourth-order valence-electron chi connectivity index (χ4n) is 4.16. The number of nitrogens with zero attached hydrogens (tertiary/aromatic N) is 3. The number of halogens is 2. The SMILES string of the molecule is C=CC1=C(/C=C\C)C(F)(F)C(=O)N1Cc1nc2cc(CNC(=O)OC(C)(C)C)ccc2n1CCC(C)C. The second kappa shape index (κ2) is 10.9. The van der Waals surface area contributed by atoms with Gasteiger partial charge < -0.3 is 14.6 Å². The molecular weight excluding hydrogens is 478 g/mol. The number of carbonyl (C=O) groups is 2. The lowest BCUT2D eigenvalue weighted by atomic mass is 10.1. The van der Waals surface area contributed by atoms with Gasteiger partial charge in [-0.15, -0.1) is 0 Å². The van der Waals surface area contributed by atoms with Crippen molar-refractivity contribution < 1.29 is 23.1 Å². The summed E-state index contributed by atoms with van der Waals surface area (Å²) in [6, 6.07) is 5.62. The molecule has 1 aliphatic heterocycles. The molecule has 1 aromatic carbocycles. The Morgan fingerprint density at radius 1 is 1.30 bits per heavy atom. The third kappa shape index (κ3) is 6.26. The number of fused-ring (bicyclic) bond motifs is 1. The molecule has 1 aromatic heterocycles. The molecule has 9 heteroatoms. The van der Waals surface area contributed by atoms with Crippen LogP contribution in [-0.4, -0.2) is 38.0 Å². The molecule has 1 N–H and O–H groups in total. The number of amides is 2. The molecule has 0 aliphatic carbocycles. The van der Waals surface area contributed by atoms with Crippen LogP contribution in [0.2, 0.25) is 0 Å². The van der Waals surface area contributed by atoms with Crippen LogP contribution >= 0.6 is 0 Å². The lowest BCUT2D eigenvalue weighted by Crippen LogP contribution is -2.36.